The minimum absolute atomic E-state index is 0.0773. The number of carbonyl (C=O) groups excluding carboxylic acids is 1. The molecule has 0 saturated heterocycles. The predicted molar refractivity (Wildman–Crippen MR) is 45.7 cm³/mol. The van der Waals surface area contributed by atoms with Crippen molar-refractivity contribution >= 4 is 6.03 Å². The molecule has 0 aliphatic rings. The second-order valence-electron chi connectivity index (χ2n) is 3.04. The maximum Gasteiger partial charge on any atom is 0.315 e. The molecule has 0 bridgehead atoms. The Hall–Kier alpha value is -0.910. The van der Waals surface area contributed by atoms with Crippen molar-refractivity contribution < 1.29 is 13.6 Å². The third-order valence-corrected chi connectivity index (χ3v) is 1.23. The first kappa shape index (κ1) is 12.1. The van der Waals surface area contributed by atoms with Crippen molar-refractivity contribution in [1.82, 2.24) is 10.6 Å². The Balaban J connectivity index is 3.70. The molecule has 0 spiro atoms. The molecular weight excluding hydrogens is 180 g/mol. The van der Waals surface area contributed by atoms with Gasteiger partial charge >= 0.3 is 6.03 Å². The average molecular weight is 195 g/mol. The first-order chi connectivity index (χ1) is 5.87. The topological polar surface area (TPSA) is 67.2 Å². The van der Waals surface area contributed by atoms with Gasteiger partial charge in [-0.15, -0.1) is 0 Å². The van der Waals surface area contributed by atoms with Crippen LogP contribution in [0, 0.1) is 0 Å². The first-order valence-corrected chi connectivity index (χ1v) is 3.99. The molecule has 6 heteroatoms. The average Bonchev–Trinajstić information content (AvgIpc) is 2.00. The fourth-order valence-corrected chi connectivity index (χ4v) is 0.595. The van der Waals surface area contributed by atoms with Crippen LogP contribution in [0.1, 0.15) is 13.8 Å². The quantitative estimate of drug-likeness (QED) is 0.603. The Labute approximate surface area is 75.9 Å². The number of halogens is 2. The van der Waals surface area contributed by atoms with Crippen LogP contribution in [-0.2, 0) is 0 Å². The highest BCUT2D eigenvalue weighted by molar-refractivity contribution is 5.74. The fourth-order valence-electron chi connectivity index (χ4n) is 0.595. The molecule has 13 heavy (non-hydrogen) atoms. The summed E-state index contributed by atoms with van der Waals surface area (Å²) in [6.07, 6.45) is 0. The Bertz CT molecular complexity index is 173. The molecule has 0 aromatic rings. The van der Waals surface area contributed by atoms with E-state index in [1.165, 1.54) is 0 Å². The zero-order chi connectivity index (χ0) is 10.5. The van der Waals surface area contributed by atoms with Crippen LogP contribution in [0.3, 0.4) is 0 Å². The van der Waals surface area contributed by atoms with Gasteiger partial charge in [0.1, 0.15) is 0 Å². The second kappa shape index (κ2) is 4.96. The van der Waals surface area contributed by atoms with Crippen LogP contribution in [0.4, 0.5) is 13.6 Å². The summed E-state index contributed by atoms with van der Waals surface area (Å²) in [6.45, 7) is 1.97. The SMILES string of the molecule is CC(C)NC(=O)NCC(F)(F)CN. The van der Waals surface area contributed by atoms with E-state index in [-0.39, 0.29) is 6.04 Å². The summed E-state index contributed by atoms with van der Waals surface area (Å²) in [5, 5.41) is 4.44. The minimum atomic E-state index is -3.03. The highest BCUT2D eigenvalue weighted by Crippen LogP contribution is 2.08. The molecule has 0 rings (SSSR count). The highest BCUT2D eigenvalue weighted by Gasteiger charge is 2.27. The summed E-state index contributed by atoms with van der Waals surface area (Å²) < 4.78 is 25.0. The van der Waals surface area contributed by atoms with Gasteiger partial charge in [-0.2, -0.15) is 0 Å². The number of urea groups is 1. The van der Waals surface area contributed by atoms with E-state index in [0.29, 0.717) is 0 Å². The molecule has 0 aliphatic heterocycles. The number of amides is 2. The number of rotatable bonds is 4. The van der Waals surface area contributed by atoms with Gasteiger partial charge in [-0.1, -0.05) is 0 Å². The van der Waals surface area contributed by atoms with E-state index < -0.39 is 25.0 Å². The van der Waals surface area contributed by atoms with Gasteiger partial charge in [0, 0.05) is 6.04 Å². The molecule has 0 aromatic heterocycles. The molecule has 0 unspecified atom stereocenters. The largest absolute Gasteiger partial charge is 0.336 e. The third-order valence-electron chi connectivity index (χ3n) is 1.23. The Morgan fingerprint density at radius 3 is 2.46 bits per heavy atom. The van der Waals surface area contributed by atoms with E-state index in [9.17, 15) is 13.6 Å². The van der Waals surface area contributed by atoms with E-state index in [0.717, 1.165) is 0 Å². The molecule has 4 nitrogen and oxygen atoms in total. The summed E-state index contributed by atoms with van der Waals surface area (Å²) in [5.74, 6) is -3.03. The Morgan fingerprint density at radius 1 is 1.54 bits per heavy atom. The van der Waals surface area contributed by atoms with E-state index in [2.05, 4.69) is 5.32 Å². The van der Waals surface area contributed by atoms with E-state index >= 15 is 0 Å². The van der Waals surface area contributed by atoms with Gasteiger partial charge < -0.3 is 16.4 Å². The highest BCUT2D eigenvalue weighted by atomic mass is 19.3. The van der Waals surface area contributed by atoms with Crippen molar-refractivity contribution in [2.24, 2.45) is 5.73 Å². The summed E-state index contributed by atoms with van der Waals surface area (Å²) in [7, 11) is 0. The van der Waals surface area contributed by atoms with Gasteiger partial charge in [-0.05, 0) is 13.8 Å². The molecule has 0 fully saturated rings. The van der Waals surface area contributed by atoms with Gasteiger partial charge in [0.15, 0.2) is 0 Å². The van der Waals surface area contributed by atoms with Gasteiger partial charge in [0.25, 0.3) is 5.92 Å². The number of carbonyl (C=O) groups is 1. The lowest BCUT2D eigenvalue weighted by atomic mass is 10.3. The van der Waals surface area contributed by atoms with Crippen LogP contribution in [0.25, 0.3) is 0 Å². The number of hydrogen-bond acceptors (Lipinski definition) is 2. The Kier molecular flexibility index (Phi) is 4.61. The molecule has 0 radical (unpaired) electrons. The standard InChI is InChI=1S/C7H15F2N3O/c1-5(2)12-6(13)11-4-7(8,9)3-10/h5H,3-4,10H2,1-2H3,(H2,11,12,13). The zero-order valence-corrected chi connectivity index (χ0v) is 7.73. The summed E-state index contributed by atoms with van der Waals surface area (Å²) in [4.78, 5) is 10.8. The monoisotopic (exact) mass is 195 g/mol. The third kappa shape index (κ3) is 6.27. The number of alkyl halides is 2. The van der Waals surface area contributed by atoms with Crippen molar-refractivity contribution in [3.8, 4) is 0 Å². The van der Waals surface area contributed by atoms with Crippen LogP contribution < -0.4 is 16.4 Å². The zero-order valence-electron chi connectivity index (χ0n) is 7.73. The van der Waals surface area contributed by atoms with Crippen molar-refractivity contribution in [3.05, 3.63) is 0 Å². The van der Waals surface area contributed by atoms with Crippen molar-refractivity contribution in [1.29, 1.82) is 0 Å². The first-order valence-electron chi connectivity index (χ1n) is 3.99. The smallest absolute Gasteiger partial charge is 0.315 e. The minimum Gasteiger partial charge on any atom is -0.336 e. The molecule has 0 heterocycles. The van der Waals surface area contributed by atoms with Crippen LogP contribution in [-0.4, -0.2) is 31.1 Å². The summed E-state index contributed by atoms with van der Waals surface area (Å²) in [6, 6.07) is -0.686. The van der Waals surface area contributed by atoms with E-state index in [4.69, 9.17) is 5.73 Å². The summed E-state index contributed by atoms with van der Waals surface area (Å²) >= 11 is 0. The normalized spacial score (nSPS) is 11.5. The molecule has 4 N–H and O–H groups in total. The number of nitrogens with two attached hydrogens (primary N) is 1. The fraction of sp³-hybridized carbons (Fsp3) is 0.857. The summed E-state index contributed by atoms with van der Waals surface area (Å²) in [5.41, 5.74) is 4.77. The van der Waals surface area contributed by atoms with E-state index in [1.807, 2.05) is 5.32 Å². The lowest BCUT2D eigenvalue weighted by molar-refractivity contribution is 0.0143. The molecule has 0 saturated carbocycles. The molecule has 0 atom stereocenters. The van der Waals surface area contributed by atoms with Crippen molar-refractivity contribution in [3.63, 3.8) is 0 Å². The van der Waals surface area contributed by atoms with E-state index in [1.54, 1.807) is 13.8 Å². The molecule has 2 amide bonds. The second-order valence-corrected chi connectivity index (χ2v) is 3.04. The molecule has 78 valence electrons. The lowest BCUT2D eigenvalue weighted by Crippen LogP contribution is -2.46. The van der Waals surface area contributed by atoms with Crippen molar-refractivity contribution in [2.45, 2.75) is 25.8 Å². The van der Waals surface area contributed by atoms with Crippen LogP contribution in [0.2, 0.25) is 0 Å². The van der Waals surface area contributed by atoms with Gasteiger partial charge in [0.2, 0.25) is 0 Å². The maximum atomic E-state index is 12.5. The molecule has 0 aliphatic carbocycles. The lowest BCUT2D eigenvalue weighted by Gasteiger charge is -2.15. The van der Waals surface area contributed by atoms with Gasteiger partial charge in [-0.3, -0.25) is 0 Å². The number of hydrogen-bond donors (Lipinski definition) is 3. The van der Waals surface area contributed by atoms with Gasteiger partial charge in [0.05, 0.1) is 13.1 Å². The number of nitrogens with one attached hydrogen (secondary N) is 2. The predicted octanol–water partition coefficient (Wildman–Crippen LogP) is 0.288. The molecule has 0 aromatic carbocycles. The van der Waals surface area contributed by atoms with Crippen LogP contribution in [0.15, 0.2) is 0 Å². The van der Waals surface area contributed by atoms with Gasteiger partial charge in [-0.25, -0.2) is 13.6 Å². The Morgan fingerprint density at radius 2 is 2.08 bits per heavy atom. The van der Waals surface area contributed by atoms with Crippen LogP contribution >= 0.6 is 0 Å². The van der Waals surface area contributed by atoms with Crippen molar-refractivity contribution in [2.75, 3.05) is 13.1 Å². The van der Waals surface area contributed by atoms with Crippen LogP contribution in [0.5, 0.6) is 0 Å². The maximum absolute atomic E-state index is 12.5. The molecular formula is C7H15F2N3O.